The molecular formula is C18H27N3O3. The van der Waals surface area contributed by atoms with Gasteiger partial charge in [0.1, 0.15) is 0 Å². The van der Waals surface area contributed by atoms with Gasteiger partial charge in [-0.05, 0) is 44.7 Å². The van der Waals surface area contributed by atoms with Gasteiger partial charge in [-0.15, -0.1) is 0 Å². The number of nitrogens with zero attached hydrogens (tertiary/aromatic N) is 2. The van der Waals surface area contributed by atoms with Crippen LogP contribution in [0.15, 0.2) is 10.6 Å². The maximum absolute atomic E-state index is 12.6. The maximum Gasteiger partial charge on any atom is 0.290 e. The van der Waals surface area contributed by atoms with Gasteiger partial charge >= 0.3 is 0 Å². The van der Waals surface area contributed by atoms with E-state index >= 15 is 0 Å². The number of hydrogen-bond acceptors (Lipinski definition) is 5. The van der Waals surface area contributed by atoms with E-state index in [2.05, 4.69) is 29.2 Å². The molecule has 1 saturated carbocycles. The molecule has 1 N–H and O–H groups in total. The van der Waals surface area contributed by atoms with Crippen LogP contribution < -0.4 is 5.32 Å². The molecule has 4 rings (SSSR count). The molecule has 1 aromatic rings. The number of rotatable bonds is 5. The minimum atomic E-state index is -0.142. The summed E-state index contributed by atoms with van der Waals surface area (Å²) in [5.41, 5.74) is 0.849. The van der Waals surface area contributed by atoms with Crippen LogP contribution in [0, 0.1) is 11.8 Å². The van der Waals surface area contributed by atoms with Crippen molar-refractivity contribution in [3.8, 4) is 0 Å². The highest BCUT2D eigenvalue weighted by Crippen LogP contribution is 2.42. The van der Waals surface area contributed by atoms with Crippen LogP contribution in [-0.2, 0) is 11.2 Å². The highest BCUT2D eigenvalue weighted by atomic mass is 16.5. The van der Waals surface area contributed by atoms with Crippen LogP contribution >= 0.6 is 0 Å². The fourth-order valence-electron chi connectivity index (χ4n) is 4.50. The Morgan fingerprint density at radius 3 is 2.96 bits per heavy atom. The monoisotopic (exact) mass is 333 g/mol. The highest BCUT2D eigenvalue weighted by molar-refractivity contribution is 5.91. The fraction of sp³-hybridized carbons (Fsp3) is 0.778. The molecule has 1 aromatic heterocycles. The Hall–Kier alpha value is -1.40. The molecule has 2 aliphatic heterocycles. The fourth-order valence-corrected chi connectivity index (χ4v) is 4.50. The zero-order valence-electron chi connectivity index (χ0n) is 14.5. The summed E-state index contributed by atoms with van der Waals surface area (Å²) in [7, 11) is 0. The molecule has 0 bridgehead atoms. The molecule has 0 radical (unpaired) electrons. The summed E-state index contributed by atoms with van der Waals surface area (Å²) in [5, 5.41) is 7.22. The van der Waals surface area contributed by atoms with E-state index in [0.29, 0.717) is 29.7 Å². The lowest BCUT2D eigenvalue weighted by Crippen LogP contribution is -2.70. The highest BCUT2D eigenvalue weighted by Gasteiger charge is 2.57. The second-order valence-electron chi connectivity index (χ2n) is 7.80. The zero-order valence-corrected chi connectivity index (χ0v) is 14.5. The van der Waals surface area contributed by atoms with Crippen molar-refractivity contribution in [2.75, 3.05) is 19.7 Å². The van der Waals surface area contributed by atoms with E-state index in [-0.39, 0.29) is 11.9 Å². The van der Waals surface area contributed by atoms with Gasteiger partial charge in [0.05, 0.1) is 23.9 Å². The van der Waals surface area contributed by atoms with E-state index in [0.717, 1.165) is 38.2 Å². The minimum Gasteiger partial charge on any atom is -0.376 e. The van der Waals surface area contributed by atoms with Gasteiger partial charge in [0, 0.05) is 18.6 Å². The van der Waals surface area contributed by atoms with Crippen LogP contribution in [0.1, 0.15) is 49.4 Å². The lowest BCUT2D eigenvalue weighted by atomic mass is 9.70. The Balaban J connectivity index is 1.43. The zero-order chi connectivity index (χ0) is 16.7. The minimum absolute atomic E-state index is 0.142. The van der Waals surface area contributed by atoms with Gasteiger partial charge in [0.15, 0.2) is 0 Å². The van der Waals surface area contributed by atoms with E-state index in [4.69, 9.17) is 9.26 Å². The number of fused-ring (bicyclic) bond motifs is 1. The maximum atomic E-state index is 12.6. The van der Waals surface area contributed by atoms with Crippen molar-refractivity contribution in [2.24, 2.45) is 11.8 Å². The van der Waals surface area contributed by atoms with Crippen LogP contribution in [0.25, 0.3) is 0 Å². The molecule has 0 unspecified atom stereocenters. The SMILES string of the molecule is CC(C)Cc1cc(C(=O)N[C@H]2[C@H]3CCO[C@H]3[C@@H]2N2CCCC2)on1. The molecule has 24 heavy (non-hydrogen) atoms. The van der Waals surface area contributed by atoms with Gasteiger partial charge in [-0.25, -0.2) is 0 Å². The molecule has 3 aliphatic rings. The third-order valence-electron chi connectivity index (χ3n) is 5.61. The quantitative estimate of drug-likeness (QED) is 0.891. The Kier molecular flexibility index (Phi) is 4.35. The number of likely N-dealkylation sites (tertiary alicyclic amines) is 1. The number of carbonyl (C=O) groups is 1. The normalized spacial score (nSPS) is 32.8. The lowest BCUT2D eigenvalue weighted by molar-refractivity contribution is -0.0749. The average Bonchev–Trinajstić information content (AvgIpc) is 3.25. The van der Waals surface area contributed by atoms with Crippen molar-refractivity contribution < 1.29 is 14.1 Å². The van der Waals surface area contributed by atoms with Crippen molar-refractivity contribution in [2.45, 2.75) is 57.7 Å². The third kappa shape index (κ3) is 2.86. The summed E-state index contributed by atoms with van der Waals surface area (Å²) >= 11 is 0. The molecule has 2 saturated heterocycles. The van der Waals surface area contributed by atoms with Gasteiger partial charge in [-0.1, -0.05) is 19.0 Å². The molecule has 1 aliphatic carbocycles. The predicted molar refractivity (Wildman–Crippen MR) is 88.7 cm³/mol. The standard InChI is InChI=1S/C18H27N3O3/c1-11(2)9-12-10-14(24-20-12)18(22)19-15-13-5-8-23-17(13)16(15)21-6-3-4-7-21/h10-11,13,15-17H,3-9H2,1-2H3,(H,19,22)/t13-,15+,16-,17-/m1/s1. The van der Waals surface area contributed by atoms with E-state index < -0.39 is 0 Å². The van der Waals surface area contributed by atoms with E-state index in [1.807, 2.05) is 0 Å². The largest absolute Gasteiger partial charge is 0.376 e. The Bertz CT molecular complexity index is 589. The Morgan fingerprint density at radius 1 is 1.42 bits per heavy atom. The molecule has 132 valence electrons. The topological polar surface area (TPSA) is 67.6 Å². The number of aromatic nitrogens is 1. The Labute approximate surface area is 142 Å². The first-order valence-electron chi connectivity index (χ1n) is 9.25. The van der Waals surface area contributed by atoms with Crippen LogP contribution in [0.3, 0.4) is 0 Å². The van der Waals surface area contributed by atoms with Crippen molar-refractivity contribution in [1.82, 2.24) is 15.4 Å². The average molecular weight is 333 g/mol. The van der Waals surface area contributed by atoms with Crippen LogP contribution in [0.5, 0.6) is 0 Å². The number of amides is 1. The van der Waals surface area contributed by atoms with Gasteiger partial charge in [-0.2, -0.15) is 0 Å². The third-order valence-corrected chi connectivity index (χ3v) is 5.61. The summed E-state index contributed by atoms with van der Waals surface area (Å²) in [5.74, 6) is 1.12. The number of nitrogens with one attached hydrogen (secondary N) is 1. The molecule has 1 amide bonds. The number of carbonyl (C=O) groups excluding carboxylic acids is 1. The molecule has 3 heterocycles. The van der Waals surface area contributed by atoms with Crippen LogP contribution in [0.4, 0.5) is 0 Å². The number of hydrogen-bond donors (Lipinski definition) is 1. The smallest absolute Gasteiger partial charge is 0.290 e. The summed E-state index contributed by atoms with van der Waals surface area (Å²) in [6.07, 6.45) is 4.65. The molecule has 3 fully saturated rings. The first-order valence-corrected chi connectivity index (χ1v) is 9.25. The predicted octanol–water partition coefficient (Wildman–Crippen LogP) is 1.85. The Morgan fingerprint density at radius 2 is 2.21 bits per heavy atom. The van der Waals surface area contributed by atoms with Crippen LogP contribution in [0.2, 0.25) is 0 Å². The molecule has 6 heteroatoms. The summed E-state index contributed by atoms with van der Waals surface area (Å²) < 4.78 is 11.2. The molecule has 4 atom stereocenters. The van der Waals surface area contributed by atoms with Crippen molar-refractivity contribution >= 4 is 5.91 Å². The summed E-state index contributed by atoms with van der Waals surface area (Å²) in [4.78, 5) is 15.1. The molecular weight excluding hydrogens is 306 g/mol. The number of ether oxygens (including phenoxy) is 1. The van der Waals surface area contributed by atoms with E-state index in [9.17, 15) is 4.79 Å². The van der Waals surface area contributed by atoms with Gasteiger partial charge in [0.25, 0.3) is 5.91 Å². The second-order valence-corrected chi connectivity index (χ2v) is 7.80. The first-order chi connectivity index (χ1) is 11.6. The van der Waals surface area contributed by atoms with E-state index in [1.54, 1.807) is 6.07 Å². The van der Waals surface area contributed by atoms with Gasteiger partial charge in [0.2, 0.25) is 5.76 Å². The summed E-state index contributed by atoms with van der Waals surface area (Å²) in [6, 6.07) is 2.27. The van der Waals surface area contributed by atoms with Crippen molar-refractivity contribution in [3.63, 3.8) is 0 Å². The molecule has 0 aromatic carbocycles. The lowest BCUT2D eigenvalue weighted by Gasteiger charge is -2.51. The summed E-state index contributed by atoms with van der Waals surface area (Å²) in [6.45, 7) is 7.30. The second kappa shape index (κ2) is 6.48. The van der Waals surface area contributed by atoms with Gasteiger partial charge < -0.3 is 14.6 Å². The first kappa shape index (κ1) is 16.1. The van der Waals surface area contributed by atoms with Crippen LogP contribution in [-0.4, -0.2) is 53.8 Å². The van der Waals surface area contributed by atoms with Gasteiger partial charge in [-0.3, -0.25) is 9.69 Å². The van der Waals surface area contributed by atoms with Crippen molar-refractivity contribution in [1.29, 1.82) is 0 Å². The molecule has 0 spiro atoms. The van der Waals surface area contributed by atoms with Crippen molar-refractivity contribution in [3.05, 3.63) is 17.5 Å². The van der Waals surface area contributed by atoms with E-state index in [1.165, 1.54) is 12.8 Å². The molecule has 6 nitrogen and oxygen atoms in total.